The van der Waals surface area contributed by atoms with Gasteiger partial charge in [0.05, 0.1) is 0 Å². The molecule has 3 atom stereocenters. The minimum atomic E-state index is -2.39. The summed E-state index contributed by atoms with van der Waals surface area (Å²) in [6.45, 7) is 0. The summed E-state index contributed by atoms with van der Waals surface area (Å²) in [7, 11) is -0.353. The fourth-order valence-corrected chi connectivity index (χ4v) is 6.89. The fraction of sp³-hybridized carbons (Fsp3) is 0.263. The second-order valence-corrected chi connectivity index (χ2v) is 8.91. The van der Waals surface area contributed by atoms with Crippen LogP contribution in [-0.4, -0.2) is 14.4 Å². The molecule has 1 aromatic heterocycles. The average molecular weight is 322 g/mol. The second kappa shape index (κ2) is 4.56. The first kappa shape index (κ1) is 13.5. The van der Waals surface area contributed by atoms with Crippen LogP contribution in [0.5, 0.6) is 0 Å². The van der Waals surface area contributed by atoms with Gasteiger partial charge in [-0.2, -0.15) is 0 Å². The number of hydrogen-bond acceptors (Lipinski definition) is 2. The van der Waals surface area contributed by atoms with Crippen molar-refractivity contribution in [2.24, 2.45) is 11.4 Å². The first-order valence-electron chi connectivity index (χ1n) is 8.08. The monoisotopic (exact) mass is 322 g/mol. The van der Waals surface area contributed by atoms with Gasteiger partial charge < -0.3 is 9.12 Å². The predicted octanol–water partition coefficient (Wildman–Crippen LogP) is 4.60. The Balaban J connectivity index is 1.86. The Morgan fingerprint density at radius 2 is 1.78 bits per heavy atom. The molecule has 3 nitrogen and oxygen atoms in total. The van der Waals surface area contributed by atoms with Gasteiger partial charge in [-0.3, -0.25) is 0 Å². The second-order valence-electron chi connectivity index (χ2n) is 6.51. The highest BCUT2D eigenvalue weighted by Gasteiger charge is 2.50. The van der Waals surface area contributed by atoms with Crippen molar-refractivity contribution in [2.45, 2.75) is 28.9 Å². The summed E-state index contributed by atoms with van der Waals surface area (Å²) in [6.07, 6.45) is 2.12. The molecule has 1 aliphatic carbocycles. The molecular weight excluding hydrogens is 304 g/mol. The topological polar surface area (TPSA) is 40.3 Å². The van der Waals surface area contributed by atoms with Crippen LogP contribution < -0.4 is 0 Å². The smallest absolute Gasteiger partial charge is 0.183 e. The Morgan fingerprint density at radius 3 is 2.52 bits per heavy atom. The van der Waals surface area contributed by atoms with Gasteiger partial charge in [0, 0.05) is 29.4 Å². The van der Waals surface area contributed by atoms with Crippen LogP contribution in [0.2, 0.25) is 0 Å². The highest BCUT2D eigenvalue weighted by molar-refractivity contribution is 8.00. The van der Waals surface area contributed by atoms with Crippen LogP contribution in [0.3, 0.4) is 0 Å². The van der Waals surface area contributed by atoms with Gasteiger partial charge in [-0.25, -0.2) is 0 Å². The van der Waals surface area contributed by atoms with Gasteiger partial charge >= 0.3 is 0 Å². The number of hydrogen-bond donors (Lipinski definition) is 0. The lowest BCUT2D eigenvalue weighted by Gasteiger charge is -2.45. The first-order valence-corrected chi connectivity index (χ1v) is 9.66. The van der Waals surface area contributed by atoms with Crippen LogP contribution >= 0.6 is 0 Å². The molecule has 3 aromatic rings. The molecule has 116 valence electrons. The Kier molecular flexibility index (Phi) is 2.68. The quantitative estimate of drug-likeness (QED) is 0.604. The van der Waals surface area contributed by atoms with E-state index in [-0.39, 0.29) is 5.25 Å². The molecule has 2 aliphatic rings. The van der Waals surface area contributed by atoms with Crippen molar-refractivity contribution in [1.29, 1.82) is 0 Å². The molecule has 1 unspecified atom stereocenters. The van der Waals surface area contributed by atoms with E-state index < -0.39 is 10.1 Å². The summed E-state index contributed by atoms with van der Waals surface area (Å²) in [5.41, 5.74) is 2.50. The number of benzene rings is 2. The lowest BCUT2D eigenvalue weighted by Crippen LogP contribution is -2.43. The van der Waals surface area contributed by atoms with Gasteiger partial charge in [0.25, 0.3) is 0 Å². The van der Waals surface area contributed by atoms with Gasteiger partial charge in [0.15, 0.2) is 5.82 Å². The molecule has 4 heteroatoms. The van der Waals surface area contributed by atoms with Crippen molar-refractivity contribution < 1.29 is 4.55 Å². The minimum absolute atomic E-state index is 0.156. The molecule has 1 saturated carbocycles. The van der Waals surface area contributed by atoms with E-state index in [1.807, 2.05) is 37.4 Å². The van der Waals surface area contributed by atoms with Gasteiger partial charge in [-0.05, 0) is 41.1 Å². The Hall–Kier alpha value is -1.91. The van der Waals surface area contributed by atoms with Crippen molar-refractivity contribution in [3.63, 3.8) is 0 Å². The molecule has 2 aromatic carbocycles. The predicted molar refractivity (Wildman–Crippen MR) is 93.6 cm³/mol. The van der Waals surface area contributed by atoms with Crippen LogP contribution in [0.4, 0.5) is 5.82 Å². The zero-order valence-corrected chi connectivity index (χ0v) is 13.8. The Labute approximate surface area is 136 Å². The maximum absolute atomic E-state index is 13.8. The van der Waals surface area contributed by atoms with Gasteiger partial charge in [-0.15, -0.1) is 0 Å². The van der Waals surface area contributed by atoms with E-state index >= 15 is 0 Å². The summed E-state index contributed by atoms with van der Waals surface area (Å²) in [5, 5.41) is 1.43. The van der Waals surface area contributed by atoms with E-state index in [0.717, 1.165) is 23.6 Å². The van der Waals surface area contributed by atoms with E-state index in [9.17, 15) is 4.55 Å². The Morgan fingerprint density at radius 1 is 1.04 bits per heavy atom. The molecule has 1 aliphatic heterocycles. The van der Waals surface area contributed by atoms with Crippen molar-refractivity contribution >= 4 is 26.8 Å². The SMILES string of the molecule is Cn1c2c(c3ccccc31)[C@@H]1CC[C@@H]1[S+]([O-])(c1ccccc1)=N2. The van der Waals surface area contributed by atoms with E-state index in [4.69, 9.17) is 4.36 Å². The third kappa shape index (κ3) is 1.65. The third-order valence-electron chi connectivity index (χ3n) is 5.41. The van der Waals surface area contributed by atoms with Gasteiger partial charge in [-0.1, -0.05) is 40.8 Å². The molecule has 0 spiro atoms. The maximum Gasteiger partial charge on any atom is 0.183 e. The molecule has 2 heterocycles. The number of nitrogens with zero attached hydrogens (tertiary/aromatic N) is 2. The molecular formula is C19H18N2OS. The lowest BCUT2D eigenvalue weighted by atomic mass is 9.78. The molecule has 0 N–H and O–H groups in total. The number of fused-ring (bicyclic) bond motifs is 5. The normalized spacial score (nSPS) is 28.6. The maximum atomic E-state index is 13.8. The summed E-state index contributed by atoms with van der Waals surface area (Å²) in [4.78, 5) is 0.880. The Bertz CT molecular complexity index is 974. The van der Waals surface area contributed by atoms with Crippen LogP contribution in [0, 0.1) is 0 Å². The number of aryl methyl sites for hydroxylation is 1. The molecule has 0 amide bonds. The molecule has 0 saturated heterocycles. The van der Waals surface area contributed by atoms with Crippen LogP contribution in [0.15, 0.2) is 63.9 Å². The van der Waals surface area contributed by atoms with Crippen molar-refractivity contribution in [1.82, 2.24) is 4.57 Å². The fourth-order valence-electron chi connectivity index (χ4n) is 4.11. The van der Waals surface area contributed by atoms with Crippen molar-refractivity contribution in [2.75, 3.05) is 0 Å². The standard InChI is InChI=1S/C19H18N2OS/c1-21-16-10-6-5-9-14(16)18-15-11-12-17(15)23(22,20-19(18)21)13-7-3-2-4-8-13/h2-10,15,17H,11-12H2,1H3/t15-,17+,23?/m1/s1. The highest BCUT2D eigenvalue weighted by Crippen LogP contribution is 2.56. The van der Waals surface area contributed by atoms with Crippen LogP contribution in [0.1, 0.15) is 24.3 Å². The summed E-state index contributed by atoms with van der Waals surface area (Å²) in [5.74, 6) is 1.29. The summed E-state index contributed by atoms with van der Waals surface area (Å²) in [6, 6.07) is 18.3. The van der Waals surface area contributed by atoms with Crippen molar-refractivity contribution in [3.05, 3.63) is 60.2 Å². The van der Waals surface area contributed by atoms with E-state index in [1.165, 1.54) is 16.5 Å². The third-order valence-corrected chi connectivity index (χ3v) is 8.19. The molecule has 5 rings (SSSR count). The molecule has 0 bridgehead atoms. The van der Waals surface area contributed by atoms with E-state index in [1.54, 1.807) is 0 Å². The number of rotatable bonds is 1. The largest absolute Gasteiger partial charge is 0.626 e. The van der Waals surface area contributed by atoms with Gasteiger partial charge in [0.1, 0.15) is 10.1 Å². The number of para-hydroxylation sites is 1. The summed E-state index contributed by atoms with van der Waals surface area (Å²) < 4.78 is 20.8. The zero-order chi connectivity index (χ0) is 15.6. The molecule has 0 radical (unpaired) electrons. The van der Waals surface area contributed by atoms with Crippen molar-refractivity contribution in [3.8, 4) is 0 Å². The highest BCUT2D eigenvalue weighted by atomic mass is 32.3. The number of aromatic nitrogens is 1. The van der Waals surface area contributed by atoms with Crippen LogP contribution in [0.25, 0.3) is 10.9 Å². The van der Waals surface area contributed by atoms with E-state index in [2.05, 4.69) is 28.8 Å². The lowest BCUT2D eigenvalue weighted by molar-refractivity contribution is 0.402. The van der Waals surface area contributed by atoms with E-state index in [0.29, 0.717) is 5.92 Å². The minimum Gasteiger partial charge on any atom is -0.626 e. The average Bonchev–Trinajstić information content (AvgIpc) is 2.81. The zero-order valence-electron chi connectivity index (χ0n) is 13.0. The van der Waals surface area contributed by atoms with Gasteiger partial charge in [0.2, 0.25) is 0 Å². The molecule has 23 heavy (non-hydrogen) atoms. The first-order chi connectivity index (χ1) is 11.2. The molecule has 1 fully saturated rings. The summed E-state index contributed by atoms with van der Waals surface area (Å²) >= 11 is 0. The van der Waals surface area contributed by atoms with Crippen LogP contribution in [-0.2, 0) is 17.2 Å².